The van der Waals surface area contributed by atoms with Crippen molar-refractivity contribution >= 4 is 21.6 Å². The number of nitrogens with one attached hydrogen (secondary N) is 1. The summed E-state index contributed by atoms with van der Waals surface area (Å²) in [7, 11) is -3.12. The molecule has 1 amide bonds. The highest BCUT2D eigenvalue weighted by molar-refractivity contribution is 7.90. The summed E-state index contributed by atoms with van der Waals surface area (Å²) in [4.78, 5) is 23.0. The molecule has 7 nitrogen and oxygen atoms in total. The number of carbonyl (C=O) groups excluding carboxylic acids is 1. The number of nitrogens with zero attached hydrogens (tertiary/aromatic N) is 3. The van der Waals surface area contributed by atoms with Crippen molar-refractivity contribution in [2.75, 3.05) is 18.0 Å². The van der Waals surface area contributed by atoms with Crippen LogP contribution in [0, 0.1) is 0 Å². The molecule has 1 N–H and O–H groups in total. The standard InChI is InChI=1S/C18H26N4O3S/c1-12(23)19-14-6-8-22(9-7-14)18-15-10-26(24,25)11-16(15)20-17(21-18)13-4-2-3-5-13/h13-14H,2-11H2,1H3,(H,19,23). The van der Waals surface area contributed by atoms with Gasteiger partial charge in [0.25, 0.3) is 0 Å². The maximum Gasteiger partial charge on any atom is 0.217 e. The van der Waals surface area contributed by atoms with E-state index in [4.69, 9.17) is 4.98 Å². The molecule has 1 aromatic heterocycles. The van der Waals surface area contributed by atoms with Gasteiger partial charge in [-0.15, -0.1) is 0 Å². The molecule has 26 heavy (non-hydrogen) atoms. The molecular weight excluding hydrogens is 352 g/mol. The SMILES string of the molecule is CC(=O)NC1CCN(c2nc(C3CCCC3)nc3c2CS(=O)(=O)C3)CC1. The van der Waals surface area contributed by atoms with Gasteiger partial charge < -0.3 is 10.2 Å². The smallest absolute Gasteiger partial charge is 0.217 e. The van der Waals surface area contributed by atoms with Crippen LogP contribution in [0.4, 0.5) is 5.82 Å². The predicted octanol–water partition coefficient (Wildman–Crippen LogP) is 1.67. The number of carbonyl (C=O) groups is 1. The van der Waals surface area contributed by atoms with E-state index >= 15 is 0 Å². The third-order valence-electron chi connectivity index (χ3n) is 5.73. The van der Waals surface area contributed by atoms with Crippen molar-refractivity contribution in [3.05, 3.63) is 17.1 Å². The molecule has 0 spiro atoms. The number of rotatable bonds is 3. The fraction of sp³-hybridized carbons (Fsp3) is 0.722. The molecule has 0 atom stereocenters. The third kappa shape index (κ3) is 3.56. The van der Waals surface area contributed by atoms with Crippen LogP contribution in [0.1, 0.15) is 68.4 Å². The lowest BCUT2D eigenvalue weighted by Gasteiger charge is -2.34. The van der Waals surface area contributed by atoms with Crippen LogP contribution >= 0.6 is 0 Å². The van der Waals surface area contributed by atoms with Crippen LogP contribution in [0.3, 0.4) is 0 Å². The van der Waals surface area contributed by atoms with E-state index < -0.39 is 9.84 Å². The van der Waals surface area contributed by atoms with Gasteiger partial charge in [-0.3, -0.25) is 4.79 Å². The van der Waals surface area contributed by atoms with Crippen molar-refractivity contribution < 1.29 is 13.2 Å². The van der Waals surface area contributed by atoms with E-state index in [9.17, 15) is 13.2 Å². The van der Waals surface area contributed by atoms with Gasteiger partial charge in [-0.1, -0.05) is 12.8 Å². The van der Waals surface area contributed by atoms with Gasteiger partial charge >= 0.3 is 0 Å². The Labute approximate surface area is 154 Å². The van der Waals surface area contributed by atoms with Gasteiger partial charge in [0.15, 0.2) is 9.84 Å². The van der Waals surface area contributed by atoms with Crippen molar-refractivity contribution in [1.29, 1.82) is 0 Å². The lowest BCUT2D eigenvalue weighted by atomic mass is 10.0. The van der Waals surface area contributed by atoms with Crippen molar-refractivity contribution in [3.8, 4) is 0 Å². The molecular formula is C18H26N4O3S. The van der Waals surface area contributed by atoms with E-state index in [2.05, 4.69) is 15.2 Å². The normalized spacial score (nSPS) is 23.2. The first-order chi connectivity index (χ1) is 12.4. The lowest BCUT2D eigenvalue weighted by molar-refractivity contribution is -0.119. The molecule has 4 rings (SSSR count). The van der Waals surface area contributed by atoms with E-state index in [-0.39, 0.29) is 23.5 Å². The van der Waals surface area contributed by atoms with Crippen LogP contribution in [-0.4, -0.2) is 43.4 Å². The number of aromatic nitrogens is 2. The monoisotopic (exact) mass is 378 g/mol. The molecule has 142 valence electrons. The number of fused-ring (bicyclic) bond motifs is 1. The van der Waals surface area contributed by atoms with Gasteiger partial charge in [0, 0.05) is 37.5 Å². The second-order valence-electron chi connectivity index (χ2n) is 7.81. The highest BCUT2D eigenvalue weighted by atomic mass is 32.2. The number of anilines is 1. The maximum absolute atomic E-state index is 12.2. The first-order valence-electron chi connectivity index (χ1n) is 9.53. The average Bonchev–Trinajstić information content (AvgIpc) is 3.20. The number of piperidine rings is 1. The van der Waals surface area contributed by atoms with E-state index in [0.717, 1.165) is 56.0 Å². The Morgan fingerprint density at radius 1 is 1.08 bits per heavy atom. The van der Waals surface area contributed by atoms with Crippen LogP contribution in [-0.2, 0) is 26.1 Å². The summed E-state index contributed by atoms with van der Waals surface area (Å²) in [6.45, 7) is 3.10. The van der Waals surface area contributed by atoms with Crippen molar-refractivity contribution in [3.63, 3.8) is 0 Å². The summed E-state index contributed by atoms with van der Waals surface area (Å²) in [5, 5.41) is 2.98. The van der Waals surface area contributed by atoms with Crippen LogP contribution in [0.5, 0.6) is 0 Å². The minimum Gasteiger partial charge on any atom is -0.356 e. The fourth-order valence-electron chi connectivity index (χ4n) is 4.43. The molecule has 1 saturated carbocycles. The predicted molar refractivity (Wildman–Crippen MR) is 98.6 cm³/mol. The summed E-state index contributed by atoms with van der Waals surface area (Å²) in [6, 6.07) is 0.191. The zero-order valence-electron chi connectivity index (χ0n) is 15.2. The first-order valence-corrected chi connectivity index (χ1v) is 11.4. The molecule has 0 bridgehead atoms. The van der Waals surface area contributed by atoms with Crippen LogP contribution < -0.4 is 10.2 Å². The van der Waals surface area contributed by atoms with Crippen LogP contribution in [0.15, 0.2) is 0 Å². The Balaban J connectivity index is 1.62. The van der Waals surface area contributed by atoms with Crippen LogP contribution in [0.25, 0.3) is 0 Å². The summed E-state index contributed by atoms with van der Waals surface area (Å²) < 4.78 is 24.4. The minimum atomic E-state index is -3.12. The highest BCUT2D eigenvalue weighted by Crippen LogP contribution is 2.37. The van der Waals surface area contributed by atoms with Gasteiger partial charge in [0.2, 0.25) is 5.91 Å². The largest absolute Gasteiger partial charge is 0.356 e. The van der Waals surface area contributed by atoms with Gasteiger partial charge in [0.05, 0.1) is 17.2 Å². The molecule has 0 aromatic carbocycles. The summed E-state index contributed by atoms with van der Waals surface area (Å²) in [5.74, 6) is 2.10. The lowest BCUT2D eigenvalue weighted by Crippen LogP contribution is -2.44. The second kappa shape index (κ2) is 6.79. The summed E-state index contributed by atoms with van der Waals surface area (Å²) >= 11 is 0. The third-order valence-corrected chi connectivity index (χ3v) is 7.17. The Hall–Kier alpha value is -1.70. The second-order valence-corrected chi connectivity index (χ2v) is 9.87. The molecule has 0 unspecified atom stereocenters. The topological polar surface area (TPSA) is 92.3 Å². The van der Waals surface area contributed by atoms with Gasteiger partial charge in [-0.2, -0.15) is 0 Å². The van der Waals surface area contributed by atoms with Gasteiger partial charge in [0.1, 0.15) is 11.6 Å². The van der Waals surface area contributed by atoms with E-state index in [1.807, 2.05) is 0 Å². The highest BCUT2D eigenvalue weighted by Gasteiger charge is 2.34. The fourth-order valence-corrected chi connectivity index (χ4v) is 5.93. The zero-order chi connectivity index (χ0) is 18.3. The molecule has 3 heterocycles. The molecule has 1 aliphatic carbocycles. The zero-order valence-corrected chi connectivity index (χ0v) is 16.0. The number of hydrogen-bond donors (Lipinski definition) is 1. The number of sulfone groups is 1. The maximum atomic E-state index is 12.2. The van der Waals surface area contributed by atoms with Crippen molar-refractivity contribution in [2.24, 2.45) is 0 Å². The number of amides is 1. The van der Waals surface area contributed by atoms with E-state index in [0.29, 0.717) is 11.6 Å². The summed E-state index contributed by atoms with van der Waals surface area (Å²) in [6.07, 6.45) is 6.28. The van der Waals surface area contributed by atoms with Crippen LogP contribution in [0.2, 0.25) is 0 Å². The minimum absolute atomic E-state index is 0.000917. The van der Waals surface area contributed by atoms with Crippen molar-refractivity contribution in [1.82, 2.24) is 15.3 Å². The van der Waals surface area contributed by atoms with Gasteiger partial charge in [-0.05, 0) is 25.7 Å². The van der Waals surface area contributed by atoms with Crippen molar-refractivity contribution in [2.45, 2.75) is 68.9 Å². The molecule has 1 aromatic rings. The molecule has 2 fully saturated rings. The number of hydrogen-bond acceptors (Lipinski definition) is 6. The Bertz CT molecular complexity index is 810. The molecule has 0 radical (unpaired) electrons. The summed E-state index contributed by atoms with van der Waals surface area (Å²) in [5.41, 5.74) is 1.51. The molecule has 2 aliphatic heterocycles. The van der Waals surface area contributed by atoms with E-state index in [1.165, 1.54) is 12.8 Å². The molecule has 3 aliphatic rings. The molecule has 8 heteroatoms. The average molecular weight is 378 g/mol. The Kier molecular flexibility index (Phi) is 4.62. The van der Waals surface area contributed by atoms with E-state index in [1.54, 1.807) is 6.92 Å². The van der Waals surface area contributed by atoms with Gasteiger partial charge in [-0.25, -0.2) is 18.4 Å². The Morgan fingerprint density at radius 3 is 2.42 bits per heavy atom. The molecule has 1 saturated heterocycles. The first kappa shape index (κ1) is 17.7. The quantitative estimate of drug-likeness (QED) is 0.860. The Morgan fingerprint density at radius 2 is 1.77 bits per heavy atom.